The molecular weight excluding hydrogens is 412 g/mol. The molecule has 6 heteroatoms. The lowest BCUT2D eigenvalue weighted by Gasteiger charge is -2.32. The average molecular weight is 443 g/mol. The number of piperidine rings is 1. The van der Waals surface area contributed by atoms with Gasteiger partial charge in [0.05, 0.1) is 24.9 Å². The molecule has 2 aromatic carbocycles. The van der Waals surface area contributed by atoms with Crippen molar-refractivity contribution in [2.45, 2.75) is 39.2 Å². The summed E-state index contributed by atoms with van der Waals surface area (Å²) < 4.78 is 7.37. The number of likely N-dealkylation sites (tertiary alicyclic amines) is 1. The van der Waals surface area contributed by atoms with Crippen LogP contribution in [0.4, 0.5) is 0 Å². The molecule has 0 bridgehead atoms. The molecule has 0 spiro atoms. The third-order valence-electron chi connectivity index (χ3n) is 6.91. The summed E-state index contributed by atoms with van der Waals surface area (Å²) in [5.74, 6) is 1.40. The normalized spacial score (nSPS) is 14.7. The van der Waals surface area contributed by atoms with E-state index >= 15 is 0 Å². The van der Waals surface area contributed by atoms with Gasteiger partial charge in [-0.15, -0.1) is 0 Å². The summed E-state index contributed by atoms with van der Waals surface area (Å²) in [4.78, 5) is 18.8. The lowest BCUT2D eigenvalue weighted by Crippen LogP contribution is -2.38. The monoisotopic (exact) mass is 442 g/mol. The largest absolute Gasteiger partial charge is 0.497 e. The second-order valence-electron chi connectivity index (χ2n) is 8.91. The number of carbonyl (C=O) groups is 1. The zero-order chi connectivity index (χ0) is 22.9. The molecule has 1 saturated heterocycles. The number of fused-ring (bicyclic) bond motifs is 1. The summed E-state index contributed by atoms with van der Waals surface area (Å²) >= 11 is 0. The number of benzene rings is 2. The first-order chi connectivity index (χ1) is 16.0. The molecule has 0 saturated carbocycles. The third-order valence-corrected chi connectivity index (χ3v) is 6.91. The van der Waals surface area contributed by atoms with E-state index in [0.717, 1.165) is 54.1 Å². The van der Waals surface area contributed by atoms with E-state index in [1.807, 2.05) is 47.7 Å². The van der Waals surface area contributed by atoms with Crippen molar-refractivity contribution in [1.29, 1.82) is 0 Å². The number of amides is 1. The first-order valence-corrected chi connectivity index (χ1v) is 11.6. The summed E-state index contributed by atoms with van der Waals surface area (Å²) in [6, 6.07) is 16.4. The Labute approximate surface area is 194 Å². The van der Waals surface area contributed by atoms with Crippen molar-refractivity contribution in [1.82, 2.24) is 19.7 Å². The molecule has 1 amide bonds. The van der Waals surface area contributed by atoms with Gasteiger partial charge in [-0.1, -0.05) is 30.3 Å². The Kier molecular flexibility index (Phi) is 5.67. The summed E-state index contributed by atoms with van der Waals surface area (Å²) in [7, 11) is 1.70. The highest BCUT2D eigenvalue weighted by atomic mass is 16.5. The number of methoxy groups -OCH3 is 1. The minimum Gasteiger partial charge on any atom is -0.497 e. The molecule has 6 nitrogen and oxygen atoms in total. The fourth-order valence-corrected chi connectivity index (χ4v) is 5.05. The van der Waals surface area contributed by atoms with Crippen LogP contribution in [-0.2, 0) is 6.54 Å². The molecule has 1 N–H and O–H groups in total. The van der Waals surface area contributed by atoms with Crippen molar-refractivity contribution >= 4 is 16.8 Å². The number of aromatic amines is 1. The summed E-state index contributed by atoms with van der Waals surface area (Å²) in [5.41, 5.74) is 6.12. The van der Waals surface area contributed by atoms with Gasteiger partial charge in [-0.2, -0.15) is 5.10 Å². The van der Waals surface area contributed by atoms with Crippen LogP contribution in [0.2, 0.25) is 0 Å². The van der Waals surface area contributed by atoms with Crippen LogP contribution in [0, 0.1) is 13.8 Å². The van der Waals surface area contributed by atoms with Gasteiger partial charge in [-0.25, -0.2) is 0 Å². The van der Waals surface area contributed by atoms with Gasteiger partial charge in [0.15, 0.2) is 0 Å². The van der Waals surface area contributed by atoms with Crippen molar-refractivity contribution in [3.05, 3.63) is 82.8 Å². The molecule has 5 rings (SSSR count). The first-order valence-electron chi connectivity index (χ1n) is 11.6. The smallest absolute Gasteiger partial charge is 0.257 e. The molecule has 1 aliphatic rings. The second kappa shape index (κ2) is 8.77. The molecular formula is C27H30N4O2. The van der Waals surface area contributed by atoms with Crippen molar-refractivity contribution in [2.24, 2.45) is 0 Å². The van der Waals surface area contributed by atoms with Crippen molar-refractivity contribution in [3.8, 4) is 5.75 Å². The number of hydrogen-bond donors (Lipinski definition) is 1. The first kappa shape index (κ1) is 21.3. The fraction of sp³-hybridized carbons (Fsp3) is 0.333. The predicted molar refractivity (Wildman–Crippen MR) is 130 cm³/mol. The Bertz CT molecular complexity index is 1280. The lowest BCUT2D eigenvalue weighted by atomic mass is 9.89. The molecule has 1 fully saturated rings. The zero-order valence-corrected chi connectivity index (χ0v) is 19.5. The van der Waals surface area contributed by atoms with Crippen molar-refractivity contribution in [3.63, 3.8) is 0 Å². The third kappa shape index (κ3) is 4.01. The van der Waals surface area contributed by atoms with Crippen LogP contribution >= 0.6 is 0 Å². The van der Waals surface area contributed by atoms with E-state index in [1.54, 1.807) is 7.11 Å². The van der Waals surface area contributed by atoms with E-state index < -0.39 is 0 Å². The van der Waals surface area contributed by atoms with Gasteiger partial charge in [-0.3, -0.25) is 9.48 Å². The summed E-state index contributed by atoms with van der Waals surface area (Å²) in [5, 5.41) is 5.90. The number of rotatable bonds is 5. The van der Waals surface area contributed by atoms with E-state index in [0.29, 0.717) is 12.5 Å². The summed E-state index contributed by atoms with van der Waals surface area (Å²) in [6.07, 6.45) is 4.02. The molecule has 0 aliphatic carbocycles. The van der Waals surface area contributed by atoms with Crippen LogP contribution in [0.1, 0.15) is 51.6 Å². The number of aromatic nitrogens is 3. The van der Waals surface area contributed by atoms with E-state index in [4.69, 9.17) is 4.74 Å². The molecule has 0 atom stereocenters. The van der Waals surface area contributed by atoms with Gasteiger partial charge < -0.3 is 14.6 Å². The highest BCUT2D eigenvalue weighted by Crippen LogP contribution is 2.35. The SMILES string of the molecule is COc1ccc2[nH]cc(C3CCN(C(=O)c4c(C)nn(Cc5ccccc5)c4C)CC3)c2c1. The van der Waals surface area contributed by atoms with Crippen molar-refractivity contribution in [2.75, 3.05) is 20.2 Å². The Balaban J connectivity index is 1.30. The number of H-pyrrole nitrogens is 1. The van der Waals surface area contributed by atoms with Crippen LogP contribution in [0.25, 0.3) is 10.9 Å². The Morgan fingerprint density at radius 1 is 1.12 bits per heavy atom. The number of ether oxygens (including phenoxy) is 1. The number of nitrogens with zero attached hydrogens (tertiary/aromatic N) is 3. The van der Waals surface area contributed by atoms with Gasteiger partial charge >= 0.3 is 0 Å². The Hall–Kier alpha value is -3.54. The molecule has 170 valence electrons. The van der Waals surface area contributed by atoms with Crippen LogP contribution in [0.5, 0.6) is 5.75 Å². The molecule has 33 heavy (non-hydrogen) atoms. The number of hydrogen-bond acceptors (Lipinski definition) is 3. The Morgan fingerprint density at radius 3 is 2.61 bits per heavy atom. The number of aryl methyl sites for hydroxylation is 1. The van der Waals surface area contributed by atoms with E-state index in [-0.39, 0.29) is 5.91 Å². The molecule has 3 heterocycles. The van der Waals surface area contributed by atoms with Crippen LogP contribution in [0.3, 0.4) is 0 Å². The molecule has 1 aliphatic heterocycles. The zero-order valence-electron chi connectivity index (χ0n) is 19.5. The quantitative estimate of drug-likeness (QED) is 0.470. The Morgan fingerprint density at radius 2 is 1.88 bits per heavy atom. The maximum absolute atomic E-state index is 13.4. The maximum atomic E-state index is 13.4. The summed E-state index contributed by atoms with van der Waals surface area (Å²) in [6.45, 7) is 6.12. The van der Waals surface area contributed by atoms with Gasteiger partial charge in [0.2, 0.25) is 0 Å². The topological polar surface area (TPSA) is 63.1 Å². The molecule has 2 aromatic heterocycles. The van der Waals surface area contributed by atoms with Gasteiger partial charge in [-0.05, 0) is 61.9 Å². The van der Waals surface area contributed by atoms with E-state index in [1.165, 1.54) is 16.5 Å². The minimum absolute atomic E-state index is 0.100. The van der Waals surface area contributed by atoms with E-state index in [9.17, 15) is 4.79 Å². The molecule has 4 aromatic rings. The van der Waals surface area contributed by atoms with Gasteiger partial charge in [0, 0.05) is 35.9 Å². The lowest BCUT2D eigenvalue weighted by molar-refractivity contribution is 0.0711. The number of carbonyl (C=O) groups excluding carboxylic acids is 1. The van der Waals surface area contributed by atoms with Crippen molar-refractivity contribution < 1.29 is 9.53 Å². The highest BCUT2D eigenvalue weighted by molar-refractivity contribution is 5.96. The van der Waals surface area contributed by atoms with Gasteiger partial charge in [0.1, 0.15) is 5.75 Å². The minimum atomic E-state index is 0.100. The number of nitrogens with one attached hydrogen (secondary N) is 1. The standard InChI is InChI=1S/C27H30N4O2/c1-18-26(19(2)31(29-18)17-20-7-5-4-6-8-20)27(32)30-13-11-21(12-14-30)24-16-28-25-10-9-22(33-3)15-23(24)25/h4-10,15-16,21,28H,11-14,17H2,1-3H3. The maximum Gasteiger partial charge on any atom is 0.257 e. The average Bonchev–Trinajstić information content (AvgIpc) is 3.39. The van der Waals surface area contributed by atoms with Crippen LogP contribution in [-0.4, -0.2) is 45.8 Å². The van der Waals surface area contributed by atoms with Gasteiger partial charge in [0.25, 0.3) is 5.91 Å². The van der Waals surface area contributed by atoms with Crippen LogP contribution in [0.15, 0.2) is 54.7 Å². The molecule has 0 radical (unpaired) electrons. The van der Waals surface area contributed by atoms with E-state index in [2.05, 4.69) is 40.5 Å². The van der Waals surface area contributed by atoms with Crippen LogP contribution < -0.4 is 4.74 Å². The fourth-order valence-electron chi connectivity index (χ4n) is 5.05. The second-order valence-corrected chi connectivity index (χ2v) is 8.91. The predicted octanol–water partition coefficient (Wildman–Crippen LogP) is 5.06. The molecule has 0 unspecified atom stereocenters. The highest BCUT2D eigenvalue weighted by Gasteiger charge is 2.29.